The zero-order chi connectivity index (χ0) is 19.6. The maximum absolute atomic E-state index is 12.3. The van der Waals surface area contributed by atoms with Crippen molar-refractivity contribution in [2.45, 2.75) is 20.4 Å². The topological polar surface area (TPSA) is 64.7 Å². The third-order valence-corrected chi connectivity index (χ3v) is 4.86. The van der Waals surface area contributed by atoms with Gasteiger partial charge in [0.2, 0.25) is 5.91 Å². The Morgan fingerprint density at radius 2 is 1.96 bits per heavy atom. The second kappa shape index (κ2) is 7.98. The zero-order valence-electron chi connectivity index (χ0n) is 15.2. The summed E-state index contributed by atoms with van der Waals surface area (Å²) in [6.45, 7) is 4.16. The van der Waals surface area contributed by atoms with Gasteiger partial charge in [0, 0.05) is 40.5 Å². The number of anilines is 1. The van der Waals surface area contributed by atoms with Gasteiger partial charge < -0.3 is 5.32 Å². The maximum atomic E-state index is 12.3. The fourth-order valence-corrected chi connectivity index (χ4v) is 3.24. The zero-order valence-corrected chi connectivity index (χ0v) is 16.7. The predicted molar refractivity (Wildman–Crippen MR) is 108 cm³/mol. The molecule has 1 aromatic carbocycles. The van der Waals surface area contributed by atoms with E-state index in [9.17, 15) is 4.79 Å². The number of carbonyl (C=O) groups is 1. The van der Waals surface area contributed by atoms with Crippen molar-refractivity contribution >= 4 is 40.9 Å². The summed E-state index contributed by atoms with van der Waals surface area (Å²) in [6.07, 6.45) is 6.69. The van der Waals surface area contributed by atoms with E-state index in [4.69, 9.17) is 23.2 Å². The van der Waals surface area contributed by atoms with Gasteiger partial charge in [-0.05, 0) is 32.1 Å². The molecule has 2 heterocycles. The lowest BCUT2D eigenvalue weighted by atomic mass is 10.2. The molecule has 2 aromatic heterocycles. The smallest absolute Gasteiger partial charge is 0.248 e. The minimum absolute atomic E-state index is 0.236. The van der Waals surface area contributed by atoms with Crippen LogP contribution >= 0.6 is 23.2 Å². The van der Waals surface area contributed by atoms with E-state index in [1.807, 2.05) is 27.1 Å². The lowest BCUT2D eigenvalue weighted by molar-refractivity contribution is -0.111. The Morgan fingerprint density at radius 1 is 1.26 bits per heavy atom. The quantitative estimate of drug-likeness (QED) is 0.647. The van der Waals surface area contributed by atoms with Gasteiger partial charge in [0.15, 0.2) is 0 Å². The molecule has 0 spiro atoms. The second-order valence-electron chi connectivity index (χ2n) is 6.17. The van der Waals surface area contributed by atoms with Crippen LogP contribution in [0.5, 0.6) is 0 Å². The molecule has 0 saturated carbocycles. The highest BCUT2D eigenvalue weighted by Gasteiger charge is 2.15. The van der Waals surface area contributed by atoms with Crippen LogP contribution in [0.4, 0.5) is 5.69 Å². The van der Waals surface area contributed by atoms with E-state index in [0.717, 1.165) is 22.5 Å². The van der Waals surface area contributed by atoms with Gasteiger partial charge in [-0.25, -0.2) is 0 Å². The summed E-state index contributed by atoms with van der Waals surface area (Å²) < 4.78 is 3.46. The van der Waals surface area contributed by atoms with Crippen LogP contribution in [0.15, 0.2) is 36.7 Å². The summed E-state index contributed by atoms with van der Waals surface area (Å²) in [4.78, 5) is 12.3. The molecular formula is C19H19Cl2N5O. The number of benzene rings is 1. The van der Waals surface area contributed by atoms with Crippen LogP contribution in [0.25, 0.3) is 6.08 Å². The number of hydrogen-bond acceptors (Lipinski definition) is 3. The van der Waals surface area contributed by atoms with Crippen molar-refractivity contribution in [1.29, 1.82) is 0 Å². The molecule has 3 aromatic rings. The third-order valence-electron chi connectivity index (χ3n) is 4.15. The Hall–Kier alpha value is -2.57. The van der Waals surface area contributed by atoms with Gasteiger partial charge in [0.05, 0.1) is 29.8 Å². The lowest BCUT2D eigenvalue weighted by Crippen LogP contribution is -2.10. The molecule has 3 rings (SSSR count). The average molecular weight is 404 g/mol. The summed E-state index contributed by atoms with van der Waals surface area (Å²) in [6, 6.07) is 5.39. The largest absolute Gasteiger partial charge is 0.319 e. The van der Waals surface area contributed by atoms with E-state index in [-0.39, 0.29) is 5.91 Å². The van der Waals surface area contributed by atoms with E-state index in [0.29, 0.717) is 22.3 Å². The number of aryl methyl sites for hydroxylation is 2. The van der Waals surface area contributed by atoms with Crippen molar-refractivity contribution in [3.63, 3.8) is 0 Å². The Balaban J connectivity index is 1.77. The molecule has 0 fully saturated rings. The first kappa shape index (κ1) is 19.2. The average Bonchev–Trinajstić information content (AvgIpc) is 3.14. The lowest BCUT2D eigenvalue weighted by Gasteiger charge is -2.09. The number of amides is 1. The van der Waals surface area contributed by atoms with E-state index in [2.05, 4.69) is 15.5 Å². The number of nitrogens with one attached hydrogen (secondary N) is 1. The van der Waals surface area contributed by atoms with Crippen molar-refractivity contribution in [2.24, 2.45) is 7.05 Å². The Kier molecular flexibility index (Phi) is 5.68. The summed E-state index contributed by atoms with van der Waals surface area (Å²) in [5.41, 5.74) is 3.87. The summed E-state index contributed by atoms with van der Waals surface area (Å²) in [7, 11) is 1.82. The molecule has 0 atom stereocenters. The number of nitrogens with zero attached hydrogens (tertiary/aromatic N) is 4. The molecule has 27 heavy (non-hydrogen) atoms. The van der Waals surface area contributed by atoms with Crippen LogP contribution in [0.3, 0.4) is 0 Å². The maximum Gasteiger partial charge on any atom is 0.248 e. The summed E-state index contributed by atoms with van der Waals surface area (Å²) in [5, 5.41) is 12.6. The monoisotopic (exact) mass is 403 g/mol. The van der Waals surface area contributed by atoms with Crippen molar-refractivity contribution in [1.82, 2.24) is 19.6 Å². The van der Waals surface area contributed by atoms with Crippen LogP contribution in [0, 0.1) is 13.8 Å². The number of halogens is 2. The molecule has 6 nitrogen and oxygen atoms in total. The molecule has 0 aliphatic rings. The number of hydrogen-bond donors (Lipinski definition) is 1. The molecule has 1 N–H and O–H groups in total. The highest BCUT2D eigenvalue weighted by molar-refractivity contribution is 6.35. The van der Waals surface area contributed by atoms with Crippen LogP contribution in [-0.4, -0.2) is 25.5 Å². The normalized spacial score (nSPS) is 11.3. The van der Waals surface area contributed by atoms with Crippen LogP contribution in [0.2, 0.25) is 10.0 Å². The molecular weight excluding hydrogens is 385 g/mol. The van der Waals surface area contributed by atoms with Crippen LogP contribution in [-0.2, 0) is 18.4 Å². The second-order valence-corrected chi connectivity index (χ2v) is 6.99. The first-order valence-electron chi connectivity index (χ1n) is 8.29. The fraction of sp³-hybridized carbons (Fsp3) is 0.211. The van der Waals surface area contributed by atoms with E-state index >= 15 is 0 Å². The van der Waals surface area contributed by atoms with Crippen LogP contribution in [0.1, 0.15) is 22.5 Å². The van der Waals surface area contributed by atoms with Gasteiger partial charge in [0.25, 0.3) is 0 Å². The highest BCUT2D eigenvalue weighted by atomic mass is 35.5. The number of rotatable bonds is 5. The molecule has 0 radical (unpaired) electrons. The van der Waals surface area contributed by atoms with Gasteiger partial charge in [-0.2, -0.15) is 10.2 Å². The van der Waals surface area contributed by atoms with Gasteiger partial charge in [-0.15, -0.1) is 0 Å². The summed E-state index contributed by atoms with van der Waals surface area (Å²) in [5.74, 6) is -0.236. The van der Waals surface area contributed by atoms with Gasteiger partial charge >= 0.3 is 0 Å². The molecule has 0 bridgehead atoms. The van der Waals surface area contributed by atoms with Gasteiger partial charge in [0.1, 0.15) is 0 Å². The Labute approximate surface area is 167 Å². The highest BCUT2D eigenvalue weighted by Crippen LogP contribution is 2.27. The van der Waals surface area contributed by atoms with E-state index in [1.54, 1.807) is 39.8 Å². The minimum Gasteiger partial charge on any atom is -0.319 e. The molecule has 0 unspecified atom stereocenters. The fourth-order valence-electron chi connectivity index (χ4n) is 2.73. The third kappa shape index (κ3) is 4.40. The standard InChI is InChI=1S/C19H19Cl2N5O/c1-12-19(23-18(27)8-7-14-9-22-25(3)10-14)13(2)26(24-12)11-15-16(20)5-4-6-17(15)21/h4-10H,11H2,1-3H3,(H,23,27)/b8-7+. The Morgan fingerprint density at radius 3 is 2.59 bits per heavy atom. The van der Waals surface area contributed by atoms with Crippen LogP contribution < -0.4 is 5.32 Å². The SMILES string of the molecule is Cc1nn(Cc2c(Cl)cccc2Cl)c(C)c1NC(=O)/C=C/c1cnn(C)c1. The molecule has 8 heteroatoms. The first-order chi connectivity index (χ1) is 12.8. The van der Waals surface area contributed by atoms with E-state index < -0.39 is 0 Å². The predicted octanol–water partition coefficient (Wildman–Crippen LogP) is 4.24. The van der Waals surface area contributed by atoms with Gasteiger partial charge in [-0.3, -0.25) is 14.2 Å². The first-order valence-corrected chi connectivity index (χ1v) is 9.05. The molecule has 0 saturated heterocycles. The van der Waals surface area contributed by atoms with Crippen molar-refractivity contribution < 1.29 is 4.79 Å². The minimum atomic E-state index is -0.236. The molecule has 0 aliphatic heterocycles. The van der Waals surface area contributed by atoms with Gasteiger partial charge in [-0.1, -0.05) is 29.3 Å². The van der Waals surface area contributed by atoms with Crippen molar-refractivity contribution in [3.05, 3.63) is 69.2 Å². The number of carbonyl (C=O) groups excluding carboxylic acids is 1. The molecule has 140 valence electrons. The van der Waals surface area contributed by atoms with Crippen molar-refractivity contribution in [2.75, 3.05) is 5.32 Å². The molecule has 0 aliphatic carbocycles. The van der Waals surface area contributed by atoms with Crippen molar-refractivity contribution in [3.8, 4) is 0 Å². The summed E-state index contributed by atoms with van der Waals surface area (Å²) >= 11 is 12.5. The number of aromatic nitrogens is 4. The molecule has 1 amide bonds. The Bertz CT molecular complexity index is 999. The van der Waals surface area contributed by atoms with E-state index in [1.165, 1.54) is 6.08 Å².